The molecule has 6 heteroatoms. The van der Waals surface area contributed by atoms with E-state index in [1.54, 1.807) is 6.92 Å². The van der Waals surface area contributed by atoms with Crippen molar-refractivity contribution in [1.29, 1.82) is 0 Å². The summed E-state index contributed by atoms with van der Waals surface area (Å²) in [6.45, 7) is 1.74. The maximum Gasteiger partial charge on any atom is 0.227 e. The number of nitrogens with zero attached hydrogens (tertiary/aromatic N) is 2. The Balaban J connectivity index is 1.60. The van der Waals surface area contributed by atoms with Crippen molar-refractivity contribution in [2.24, 2.45) is 0 Å². The molecule has 0 aliphatic heterocycles. The molecule has 3 rings (SSSR count). The van der Waals surface area contributed by atoms with Crippen LogP contribution in [-0.4, -0.2) is 27.3 Å². The van der Waals surface area contributed by atoms with Crippen molar-refractivity contribution in [3.8, 4) is 0 Å². The first-order chi connectivity index (χ1) is 10.1. The smallest absolute Gasteiger partial charge is 0.227 e. The second kappa shape index (κ2) is 5.65. The summed E-state index contributed by atoms with van der Waals surface area (Å²) >= 11 is 0. The van der Waals surface area contributed by atoms with Gasteiger partial charge in [0.25, 0.3) is 0 Å². The predicted octanol–water partition coefficient (Wildman–Crippen LogP) is 1.09. The van der Waals surface area contributed by atoms with Gasteiger partial charge in [0.05, 0.1) is 12.1 Å². The highest BCUT2D eigenvalue weighted by Crippen LogP contribution is 2.31. The summed E-state index contributed by atoms with van der Waals surface area (Å²) in [6.07, 6.45) is 0.658. The molecule has 2 N–H and O–H groups in total. The number of fused-ring (bicyclic) bond motifs is 1. The number of aliphatic hydroxyl groups excluding tert-OH is 1. The van der Waals surface area contributed by atoms with Crippen molar-refractivity contribution in [3.05, 3.63) is 47.1 Å². The van der Waals surface area contributed by atoms with E-state index < -0.39 is 6.10 Å². The van der Waals surface area contributed by atoms with Gasteiger partial charge in [0.2, 0.25) is 11.8 Å². The van der Waals surface area contributed by atoms with Crippen molar-refractivity contribution in [1.82, 2.24) is 15.5 Å². The second-order valence-corrected chi connectivity index (χ2v) is 5.25. The van der Waals surface area contributed by atoms with Crippen LogP contribution in [0.3, 0.4) is 0 Å². The average Bonchev–Trinajstić information content (AvgIpc) is 3.01. The number of aliphatic hydroxyl groups is 1. The molecule has 0 spiro atoms. The van der Waals surface area contributed by atoms with Crippen molar-refractivity contribution < 1.29 is 14.4 Å². The van der Waals surface area contributed by atoms with Gasteiger partial charge in [-0.15, -0.1) is 0 Å². The minimum absolute atomic E-state index is 0.133. The zero-order chi connectivity index (χ0) is 14.8. The molecule has 0 unspecified atom stereocenters. The number of hydrogen-bond donors (Lipinski definition) is 2. The lowest BCUT2D eigenvalue weighted by Gasteiger charge is -2.17. The molecule has 0 saturated heterocycles. The maximum atomic E-state index is 12.0. The lowest BCUT2D eigenvalue weighted by molar-refractivity contribution is -0.122. The number of benzene rings is 1. The first-order valence-electron chi connectivity index (χ1n) is 6.98. The van der Waals surface area contributed by atoms with E-state index in [9.17, 15) is 9.90 Å². The Morgan fingerprint density at radius 1 is 1.48 bits per heavy atom. The Labute approximate surface area is 122 Å². The quantitative estimate of drug-likeness (QED) is 0.878. The molecular formula is C15H17N3O3. The van der Waals surface area contributed by atoms with Gasteiger partial charge >= 0.3 is 0 Å². The van der Waals surface area contributed by atoms with Crippen LogP contribution in [0.15, 0.2) is 28.8 Å². The van der Waals surface area contributed by atoms with Gasteiger partial charge in [-0.05, 0) is 18.1 Å². The van der Waals surface area contributed by atoms with Crippen LogP contribution in [0.4, 0.5) is 0 Å². The SMILES string of the molecule is Cc1noc(CCC(=O)N[C@@H]2c3ccccc3C[C@@H]2O)n1. The molecular weight excluding hydrogens is 270 g/mol. The molecule has 1 heterocycles. The van der Waals surface area contributed by atoms with Gasteiger partial charge in [-0.2, -0.15) is 4.98 Å². The standard InChI is InChI=1S/C15H17N3O3/c1-9-16-14(21-18-9)7-6-13(20)17-15-11-5-3-2-4-10(11)8-12(15)19/h2-5,12,15,19H,6-8H2,1H3,(H,17,20)/t12-,15+/m0/s1. The van der Waals surface area contributed by atoms with Gasteiger partial charge in [0.1, 0.15) is 0 Å². The number of aryl methyl sites for hydroxylation is 2. The summed E-state index contributed by atoms with van der Waals surface area (Å²) in [7, 11) is 0. The maximum absolute atomic E-state index is 12.0. The number of aromatic nitrogens is 2. The number of amides is 1. The molecule has 1 aliphatic carbocycles. The highest BCUT2D eigenvalue weighted by Gasteiger charge is 2.31. The topological polar surface area (TPSA) is 88.2 Å². The van der Waals surface area contributed by atoms with Gasteiger partial charge in [0.15, 0.2) is 5.82 Å². The monoisotopic (exact) mass is 287 g/mol. The van der Waals surface area contributed by atoms with Gasteiger partial charge in [-0.1, -0.05) is 29.4 Å². The van der Waals surface area contributed by atoms with E-state index in [-0.39, 0.29) is 18.4 Å². The van der Waals surface area contributed by atoms with Crippen LogP contribution >= 0.6 is 0 Å². The highest BCUT2D eigenvalue weighted by molar-refractivity contribution is 5.77. The van der Waals surface area contributed by atoms with E-state index >= 15 is 0 Å². The Morgan fingerprint density at radius 3 is 3.05 bits per heavy atom. The van der Waals surface area contributed by atoms with Crippen LogP contribution in [0.25, 0.3) is 0 Å². The van der Waals surface area contributed by atoms with Crippen LogP contribution in [0.1, 0.15) is 35.3 Å². The van der Waals surface area contributed by atoms with E-state index in [1.807, 2.05) is 24.3 Å². The van der Waals surface area contributed by atoms with Crippen molar-refractivity contribution in [2.75, 3.05) is 0 Å². The van der Waals surface area contributed by atoms with Gasteiger partial charge < -0.3 is 14.9 Å². The largest absolute Gasteiger partial charge is 0.390 e. The molecule has 1 aromatic heterocycles. The fourth-order valence-electron chi connectivity index (χ4n) is 2.66. The van der Waals surface area contributed by atoms with E-state index in [4.69, 9.17) is 4.52 Å². The van der Waals surface area contributed by atoms with E-state index in [0.29, 0.717) is 24.6 Å². The molecule has 6 nitrogen and oxygen atoms in total. The molecule has 1 aromatic carbocycles. The summed E-state index contributed by atoms with van der Waals surface area (Å²) in [5.74, 6) is 0.882. The minimum atomic E-state index is -0.572. The first kappa shape index (κ1) is 13.8. The fraction of sp³-hybridized carbons (Fsp3) is 0.400. The number of hydrogen-bond acceptors (Lipinski definition) is 5. The summed E-state index contributed by atoms with van der Waals surface area (Å²) in [5, 5.41) is 16.7. The summed E-state index contributed by atoms with van der Waals surface area (Å²) in [5.41, 5.74) is 2.08. The van der Waals surface area contributed by atoms with Gasteiger partial charge in [-0.3, -0.25) is 4.79 Å². The number of rotatable bonds is 4. The molecule has 1 aliphatic rings. The first-order valence-corrected chi connectivity index (χ1v) is 6.98. The number of carbonyl (C=O) groups excluding carboxylic acids is 1. The third-order valence-corrected chi connectivity index (χ3v) is 3.66. The van der Waals surface area contributed by atoms with Crippen molar-refractivity contribution >= 4 is 5.91 Å². The van der Waals surface area contributed by atoms with Crippen molar-refractivity contribution in [2.45, 2.75) is 38.3 Å². The third kappa shape index (κ3) is 2.95. The third-order valence-electron chi connectivity index (χ3n) is 3.66. The Kier molecular flexibility index (Phi) is 3.70. The lowest BCUT2D eigenvalue weighted by atomic mass is 10.1. The Hall–Kier alpha value is -2.21. The predicted molar refractivity (Wildman–Crippen MR) is 74.4 cm³/mol. The van der Waals surface area contributed by atoms with E-state index in [1.165, 1.54) is 0 Å². The highest BCUT2D eigenvalue weighted by atomic mass is 16.5. The molecule has 21 heavy (non-hydrogen) atoms. The van der Waals surface area contributed by atoms with Crippen LogP contribution in [-0.2, 0) is 17.6 Å². The normalized spacial score (nSPS) is 20.3. The molecule has 0 bridgehead atoms. The van der Waals surface area contributed by atoms with Gasteiger partial charge in [-0.25, -0.2) is 0 Å². The molecule has 2 atom stereocenters. The van der Waals surface area contributed by atoms with Crippen LogP contribution in [0.5, 0.6) is 0 Å². The molecule has 1 amide bonds. The molecule has 2 aromatic rings. The fourth-order valence-corrected chi connectivity index (χ4v) is 2.66. The van der Waals surface area contributed by atoms with Gasteiger partial charge in [0, 0.05) is 19.3 Å². The molecule has 0 radical (unpaired) electrons. The number of nitrogens with one attached hydrogen (secondary N) is 1. The summed E-state index contributed by atoms with van der Waals surface area (Å²) in [4.78, 5) is 16.1. The second-order valence-electron chi connectivity index (χ2n) is 5.25. The Morgan fingerprint density at radius 2 is 2.29 bits per heavy atom. The molecule has 0 fully saturated rings. The zero-order valence-electron chi connectivity index (χ0n) is 11.7. The van der Waals surface area contributed by atoms with Crippen LogP contribution < -0.4 is 5.32 Å². The van der Waals surface area contributed by atoms with Crippen LogP contribution in [0.2, 0.25) is 0 Å². The van der Waals surface area contributed by atoms with E-state index in [0.717, 1.165) is 11.1 Å². The number of carbonyl (C=O) groups is 1. The Bertz CT molecular complexity index is 653. The molecule has 110 valence electrons. The summed E-state index contributed by atoms with van der Waals surface area (Å²) < 4.78 is 4.97. The minimum Gasteiger partial charge on any atom is -0.390 e. The average molecular weight is 287 g/mol. The lowest BCUT2D eigenvalue weighted by Crippen LogP contribution is -2.34. The molecule has 0 saturated carbocycles. The van der Waals surface area contributed by atoms with Crippen LogP contribution in [0, 0.1) is 6.92 Å². The zero-order valence-corrected chi connectivity index (χ0v) is 11.7. The van der Waals surface area contributed by atoms with Crippen molar-refractivity contribution in [3.63, 3.8) is 0 Å². The summed E-state index contributed by atoms with van der Waals surface area (Å²) in [6, 6.07) is 7.44. The van der Waals surface area contributed by atoms with E-state index in [2.05, 4.69) is 15.5 Å².